The van der Waals surface area contributed by atoms with Gasteiger partial charge in [-0.05, 0) is 18.3 Å². The summed E-state index contributed by atoms with van der Waals surface area (Å²) < 4.78 is 0. The first kappa shape index (κ1) is 11.5. The third-order valence-electron chi connectivity index (χ3n) is 2.92. The minimum absolute atomic E-state index is 0.0197. The monoisotopic (exact) mass is 210 g/mol. The lowest BCUT2D eigenvalue weighted by molar-refractivity contribution is -0.140. The van der Waals surface area contributed by atoms with E-state index in [-0.39, 0.29) is 18.7 Å². The van der Waals surface area contributed by atoms with Gasteiger partial charge in [0.25, 0.3) is 0 Å². The summed E-state index contributed by atoms with van der Waals surface area (Å²) in [5.41, 5.74) is -0.424. The Morgan fingerprint density at radius 3 is 2.40 bits per heavy atom. The molecule has 0 spiro atoms. The molecule has 0 saturated heterocycles. The highest BCUT2D eigenvalue weighted by Crippen LogP contribution is 2.43. The van der Waals surface area contributed by atoms with Crippen LogP contribution in [0, 0.1) is 16.9 Å². The lowest BCUT2D eigenvalue weighted by atomic mass is 9.79. The average molecular weight is 210 g/mol. The van der Waals surface area contributed by atoms with Gasteiger partial charge >= 0.3 is 5.97 Å². The van der Waals surface area contributed by atoms with E-state index in [2.05, 4.69) is 0 Å². The highest BCUT2D eigenvalue weighted by atomic mass is 16.4. The molecule has 1 fully saturated rings. The second kappa shape index (κ2) is 4.78. The first-order valence-corrected chi connectivity index (χ1v) is 4.98. The zero-order valence-corrected chi connectivity index (χ0v) is 8.45. The van der Waals surface area contributed by atoms with Crippen molar-refractivity contribution in [1.82, 2.24) is 5.32 Å². The van der Waals surface area contributed by atoms with Gasteiger partial charge in [0, 0.05) is 6.42 Å². The van der Waals surface area contributed by atoms with E-state index in [1.165, 1.54) is 0 Å². The molecule has 5 nitrogen and oxygen atoms in total. The number of carboxylic acids is 1. The number of nitrogens with one attached hydrogen (secondary N) is 1. The van der Waals surface area contributed by atoms with Crippen molar-refractivity contribution in [3.63, 3.8) is 0 Å². The molecule has 0 bridgehead atoms. The molecule has 0 aromatic carbocycles. The summed E-state index contributed by atoms with van der Waals surface area (Å²) in [6.07, 6.45) is 5.19. The topological polar surface area (TPSA) is 90.2 Å². The Morgan fingerprint density at radius 2 is 1.93 bits per heavy atom. The van der Waals surface area contributed by atoms with E-state index in [9.17, 15) is 9.59 Å². The Labute approximate surface area is 88.1 Å². The maximum absolute atomic E-state index is 11.3. The number of nitriles is 1. The molecule has 0 aromatic rings. The zero-order valence-electron chi connectivity index (χ0n) is 8.45. The predicted molar refractivity (Wildman–Crippen MR) is 51.5 cm³/mol. The molecule has 0 aromatic heterocycles. The molecule has 15 heavy (non-hydrogen) atoms. The van der Waals surface area contributed by atoms with Gasteiger partial charge in [0.1, 0.15) is 0 Å². The van der Waals surface area contributed by atoms with Crippen molar-refractivity contribution in [3.05, 3.63) is 0 Å². The first-order chi connectivity index (χ1) is 7.08. The van der Waals surface area contributed by atoms with E-state index >= 15 is 0 Å². The first-order valence-electron chi connectivity index (χ1n) is 4.98. The van der Waals surface area contributed by atoms with Crippen molar-refractivity contribution in [2.45, 2.75) is 38.5 Å². The van der Waals surface area contributed by atoms with Crippen LogP contribution in [-0.4, -0.2) is 17.0 Å². The fourth-order valence-corrected chi connectivity index (χ4v) is 2.31. The predicted octanol–water partition coefficient (Wildman–Crippen LogP) is 1.01. The normalized spacial score (nSPS) is 18.1. The third-order valence-corrected chi connectivity index (χ3v) is 2.92. The number of hydrogen-bond donors (Lipinski definition) is 2. The number of aliphatic carboxylic acids is 1. The molecular weight excluding hydrogens is 196 g/mol. The minimum Gasteiger partial charge on any atom is -0.481 e. The number of amides is 1. The van der Waals surface area contributed by atoms with Crippen LogP contribution < -0.4 is 5.32 Å². The number of carbonyl (C=O) groups excluding carboxylic acids is 1. The number of hydrogen-bond acceptors (Lipinski definition) is 3. The summed E-state index contributed by atoms with van der Waals surface area (Å²) in [4.78, 5) is 22.0. The Bertz CT molecular complexity index is 300. The zero-order chi connectivity index (χ0) is 11.3. The maximum atomic E-state index is 11.3. The fraction of sp³-hybridized carbons (Fsp3) is 0.700. The SMILES string of the molecule is N#CNC(=O)CC1(CC(=O)O)CCCC1. The Kier molecular flexibility index (Phi) is 3.67. The van der Waals surface area contributed by atoms with Gasteiger partial charge in [0.2, 0.25) is 5.91 Å². The van der Waals surface area contributed by atoms with Gasteiger partial charge in [-0.1, -0.05) is 12.8 Å². The summed E-state index contributed by atoms with van der Waals surface area (Å²) in [5.74, 6) is -1.25. The van der Waals surface area contributed by atoms with Crippen molar-refractivity contribution in [2.75, 3.05) is 0 Å². The van der Waals surface area contributed by atoms with E-state index < -0.39 is 11.4 Å². The maximum Gasteiger partial charge on any atom is 0.303 e. The molecule has 1 amide bonds. The standard InChI is InChI=1S/C10H14N2O3/c11-7-12-8(13)5-10(6-9(14)15)3-1-2-4-10/h1-6H2,(H,12,13)(H,14,15). The van der Waals surface area contributed by atoms with Crippen LogP contribution in [0.1, 0.15) is 38.5 Å². The number of rotatable bonds is 4. The molecule has 0 aliphatic heterocycles. The van der Waals surface area contributed by atoms with E-state index in [0.717, 1.165) is 25.7 Å². The van der Waals surface area contributed by atoms with Crippen molar-refractivity contribution in [3.8, 4) is 6.19 Å². The van der Waals surface area contributed by atoms with E-state index in [0.29, 0.717) is 0 Å². The van der Waals surface area contributed by atoms with Crippen molar-refractivity contribution >= 4 is 11.9 Å². The van der Waals surface area contributed by atoms with Gasteiger partial charge in [-0.2, -0.15) is 5.26 Å². The lowest BCUT2D eigenvalue weighted by Gasteiger charge is -2.25. The van der Waals surface area contributed by atoms with Crippen LogP contribution in [0.2, 0.25) is 0 Å². The Balaban J connectivity index is 2.61. The van der Waals surface area contributed by atoms with Crippen LogP contribution in [-0.2, 0) is 9.59 Å². The largest absolute Gasteiger partial charge is 0.481 e. The highest BCUT2D eigenvalue weighted by Gasteiger charge is 2.37. The molecule has 82 valence electrons. The second-order valence-electron chi connectivity index (χ2n) is 4.11. The number of carbonyl (C=O) groups is 2. The van der Waals surface area contributed by atoms with Crippen molar-refractivity contribution in [2.24, 2.45) is 5.41 Å². The number of carboxylic acid groups (broad SMARTS) is 1. The van der Waals surface area contributed by atoms with Crippen LogP contribution in [0.25, 0.3) is 0 Å². The van der Waals surface area contributed by atoms with Crippen LogP contribution in [0.4, 0.5) is 0 Å². The van der Waals surface area contributed by atoms with Gasteiger partial charge in [-0.15, -0.1) is 0 Å². The summed E-state index contributed by atoms with van der Waals surface area (Å²) in [7, 11) is 0. The molecular formula is C10H14N2O3. The van der Waals surface area contributed by atoms with Gasteiger partial charge in [-0.3, -0.25) is 14.9 Å². The highest BCUT2D eigenvalue weighted by molar-refractivity contribution is 5.79. The number of nitrogens with zero attached hydrogens (tertiary/aromatic N) is 1. The summed E-state index contributed by atoms with van der Waals surface area (Å²) >= 11 is 0. The third kappa shape index (κ3) is 3.24. The van der Waals surface area contributed by atoms with E-state index in [1.807, 2.05) is 5.32 Å². The fourth-order valence-electron chi connectivity index (χ4n) is 2.31. The molecule has 0 unspecified atom stereocenters. The van der Waals surface area contributed by atoms with Crippen LogP contribution >= 0.6 is 0 Å². The smallest absolute Gasteiger partial charge is 0.303 e. The van der Waals surface area contributed by atoms with Gasteiger partial charge < -0.3 is 5.11 Å². The average Bonchev–Trinajstić information content (AvgIpc) is 2.51. The molecule has 0 heterocycles. The minimum atomic E-state index is -0.873. The lowest BCUT2D eigenvalue weighted by Crippen LogP contribution is -2.29. The van der Waals surface area contributed by atoms with Crippen LogP contribution in [0.15, 0.2) is 0 Å². The second-order valence-corrected chi connectivity index (χ2v) is 4.11. The van der Waals surface area contributed by atoms with Gasteiger partial charge in [-0.25, -0.2) is 0 Å². The molecule has 1 saturated carbocycles. The summed E-state index contributed by atoms with van der Waals surface area (Å²) in [5, 5.41) is 19.1. The summed E-state index contributed by atoms with van der Waals surface area (Å²) in [6.45, 7) is 0. The quantitative estimate of drug-likeness (QED) is 0.535. The van der Waals surface area contributed by atoms with Crippen molar-refractivity contribution < 1.29 is 14.7 Å². The molecule has 2 N–H and O–H groups in total. The van der Waals surface area contributed by atoms with Gasteiger partial charge in [0.15, 0.2) is 6.19 Å². The van der Waals surface area contributed by atoms with Gasteiger partial charge in [0.05, 0.1) is 6.42 Å². The Morgan fingerprint density at radius 1 is 1.33 bits per heavy atom. The van der Waals surface area contributed by atoms with Crippen LogP contribution in [0.5, 0.6) is 0 Å². The molecule has 5 heteroatoms. The molecule has 0 atom stereocenters. The van der Waals surface area contributed by atoms with Crippen molar-refractivity contribution in [1.29, 1.82) is 5.26 Å². The van der Waals surface area contributed by atoms with Crippen LogP contribution in [0.3, 0.4) is 0 Å². The van der Waals surface area contributed by atoms with E-state index in [1.54, 1.807) is 6.19 Å². The summed E-state index contributed by atoms with van der Waals surface area (Å²) in [6, 6.07) is 0. The Hall–Kier alpha value is -1.57. The molecule has 1 aliphatic rings. The molecule has 1 rings (SSSR count). The van der Waals surface area contributed by atoms with E-state index in [4.69, 9.17) is 10.4 Å². The molecule has 1 aliphatic carbocycles. The molecule has 0 radical (unpaired) electrons.